The molecule has 4 rings (SSSR count). The highest BCUT2D eigenvalue weighted by Crippen LogP contribution is 2.29. The quantitative estimate of drug-likeness (QED) is 0.447. The minimum Gasteiger partial charge on any atom is -0.458 e. The Hall–Kier alpha value is -2.37. The van der Waals surface area contributed by atoms with Crippen molar-refractivity contribution in [1.29, 1.82) is 0 Å². The Labute approximate surface area is 148 Å². The van der Waals surface area contributed by atoms with Gasteiger partial charge in [-0.25, -0.2) is 4.98 Å². The standard InChI is InChI=1S/C18H14ClN3OS/c1-11-6-9-17(23-11)18-20-15-8-7-12(10-16(15)21-18)24-22-14-5-3-2-4-13(14)19/h2-10,22H,1H3,(H,20,21). The Balaban J connectivity index is 1.58. The number of aromatic amines is 1. The van der Waals surface area contributed by atoms with Gasteiger partial charge in [0.2, 0.25) is 0 Å². The molecule has 2 heterocycles. The fourth-order valence-electron chi connectivity index (χ4n) is 2.39. The second-order valence-electron chi connectivity index (χ2n) is 5.36. The van der Waals surface area contributed by atoms with Crippen LogP contribution >= 0.6 is 23.5 Å². The van der Waals surface area contributed by atoms with Crippen LogP contribution in [0.5, 0.6) is 0 Å². The van der Waals surface area contributed by atoms with Crippen molar-refractivity contribution in [1.82, 2.24) is 9.97 Å². The average molecular weight is 356 g/mol. The third kappa shape index (κ3) is 3.00. The molecule has 4 aromatic rings. The molecule has 0 aliphatic carbocycles. The maximum atomic E-state index is 6.16. The summed E-state index contributed by atoms with van der Waals surface area (Å²) >= 11 is 7.66. The largest absolute Gasteiger partial charge is 0.458 e. The highest BCUT2D eigenvalue weighted by Gasteiger charge is 2.09. The summed E-state index contributed by atoms with van der Waals surface area (Å²) in [5.41, 5.74) is 2.76. The van der Waals surface area contributed by atoms with Crippen molar-refractivity contribution in [3.63, 3.8) is 0 Å². The highest BCUT2D eigenvalue weighted by molar-refractivity contribution is 8.00. The molecule has 120 valence electrons. The van der Waals surface area contributed by atoms with E-state index < -0.39 is 0 Å². The van der Waals surface area contributed by atoms with Gasteiger partial charge >= 0.3 is 0 Å². The average Bonchev–Trinajstić information content (AvgIpc) is 3.19. The molecule has 24 heavy (non-hydrogen) atoms. The fourth-order valence-corrected chi connectivity index (χ4v) is 3.35. The van der Waals surface area contributed by atoms with Crippen molar-refractivity contribution in [3.05, 3.63) is 65.4 Å². The number of fused-ring (bicyclic) bond motifs is 1. The number of imidazole rings is 1. The highest BCUT2D eigenvalue weighted by atomic mass is 35.5. The Bertz CT molecular complexity index is 1010. The van der Waals surface area contributed by atoms with Gasteiger partial charge in [0.1, 0.15) is 5.76 Å². The van der Waals surface area contributed by atoms with Gasteiger partial charge in [0.15, 0.2) is 11.6 Å². The fraction of sp³-hybridized carbons (Fsp3) is 0.0556. The maximum Gasteiger partial charge on any atom is 0.174 e. The third-order valence-corrected chi connectivity index (χ3v) is 4.72. The van der Waals surface area contributed by atoms with Crippen LogP contribution in [0.2, 0.25) is 5.02 Å². The number of furan rings is 1. The minimum absolute atomic E-state index is 0.697. The summed E-state index contributed by atoms with van der Waals surface area (Å²) in [6, 6.07) is 17.6. The first-order chi connectivity index (χ1) is 11.7. The molecule has 2 N–H and O–H groups in total. The second kappa shape index (κ2) is 6.26. The van der Waals surface area contributed by atoms with Crippen molar-refractivity contribution in [2.75, 3.05) is 4.72 Å². The van der Waals surface area contributed by atoms with E-state index in [9.17, 15) is 0 Å². The van der Waals surface area contributed by atoms with Crippen LogP contribution in [0.3, 0.4) is 0 Å². The van der Waals surface area contributed by atoms with E-state index >= 15 is 0 Å². The lowest BCUT2D eigenvalue weighted by Crippen LogP contribution is -1.87. The molecule has 4 nitrogen and oxygen atoms in total. The molecule has 0 spiro atoms. The number of anilines is 1. The van der Waals surface area contributed by atoms with E-state index in [1.54, 1.807) is 0 Å². The van der Waals surface area contributed by atoms with Crippen LogP contribution in [0.25, 0.3) is 22.6 Å². The van der Waals surface area contributed by atoms with E-state index in [4.69, 9.17) is 16.0 Å². The van der Waals surface area contributed by atoms with Crippen LogP contribution in [-0.2, 0) is 0 Å². The Kier molecular flexibility index (Phi) is 3.96. The molecule has 6 heteroatoms. The molecular weight excluding hydrogens is 342 g/mol. The van der Waals surface area contributed by atoms with Crippen LogP contribution in [0.1, 0.15) is 5.76 Å². The van der Waals surface area contributed by atoms with Gasteiger partial charge < -0.3 is 14.1 Å². The number of halogens is 1. The molecule has 0 bridgehead atoms. The molecular formula is C18H14ClN3OS. The summed E-state index contributed by atoms with van der Waals surface area (Å²) < 4.78 is 8.89. The van der Waals surface area contributed by atoms with Gasteiger partial charge in [-0.1, -0.05) is 23.7 Å². The number of nitrogens with one attached hydrogen (secondary N) is 2. The SMILES string of the molecule is Cc1ccc(-c2nc3ccc(SNc4ccccc4Cl)cc3[nH]2)o1. The number of aromatic nitrogens is 2. The number of hydrogen-bond acceptors (Lipinski definition) is 4. The first-order valence-corrected chi connectivity index (χ1v) is 8.62. The Morgan fingerprint density at radius 2 is 2.00 bits per heavy atom. The van der Waals surface area contributed by atoms with Gasteiger partial charge in [-0.2, -0.15) is 0 Å². The Morgan fingerprint density at radius 3 is 2.79 bits per heavy atom. The maximum absolute atomic E-state index is 6.16. The van der Waals surface area contributed by atoms with Crippen LogP contribution in [0.4, 0.5) is 5.69 Å². The predicted octanol–water partition coefficient (Wildman–Crippen LogP) is 5.90. The van der Waals surface area contributed by atoms with Gasteiger partial charge in [0.05, 0.1) is 21.7 Å². The van der Waals surface area contributed by atoms with Crippen molar-refractivity contribution < 1.29 is 4.42 Å². The number of nitrogens with zero attached hydrogens (tertiary/aromatic N) is 1. The number of aryl methyl sites for hydroxylation is 1. The Morgan fingerprint density at radius 1 is 1.12 bits per heavy atom. The lowest BCUT2D eigenvalue weighted by atomic mass is 10.3. The predicted molar refractivity (Wildman–Crippen MR) is 99.5 cm³/mol. The van der Waals surface area contributed by atoms with E-state index in [-0.39, 0.29) is 0 Å². The third-order valence-electron chi connectivity index (χ3n) is 3.58. The molecule has 2 aromatic carbocycles. The smallest absolute Gasteiger partial charge is 0.174 e. The van der Waals surface area contributed by atoms with Crippen molar-refractivity contribution in [2.24, 2.45) is 0 Å². The van der Waals surface area contributed by atoms with E-state index in [1.165, 1.54) is 11.9 Å². The van der Waals surface area contributed by atoms with Crippen molar-refractivity contribution in [2.45, 2.75) is 11.8 Å². The molecule has 0 radical (unpaired) electrons. The molecule has 0 atom stereocenters. The number of para-hydroxylation sites is 1. The van der Waals surface area contributed by atoms with Gasteiger partial charge in [-0.15, -0.1) is 0 Å². The topological polar surface area (TPSA) is 53.9 Å². The first kappa shape index (κ1) is 15.2. The van der Waals surface area contributed by atoms with Crippen LogP contribution < -0.4 is 4.72 Å². The van der Waals surface area contributed by atoms with E-state index in [1.807, 2.05) is 55.5 Å². The molecule has 0 saturated heterocycles. The van der Waals surface area contributed by atoms with Gasteiger partial charge in [-0.3, -0.25) is 0 Å². The van der Waals surface area contributed by atoms with Crippen LogP contribution in [0, 0.1) is 6.92 Å². The molecule has 0 saturated carbocycles. The zero-order chi connectivity index (χ0) is 16.5. The second-order valence-corrected chi connectivity index (χ2v) is 6.65. The molecule has 0 fully saturated rings. The van der Waals surface area contributed by atoms with Crippen molar-refractivity contribution in [3.8, 4) is 11.6 Å². The van der Waals surface area contributed by atoms with Gasteiger partial charge in [-0.05, 0) is 61.3 Å². The summed E-state index contributed by atoms with van der Waals surface area (Å²) in [4.78, 5) is 8.94. The van der Waals surface area contributed by atoms with Gasteiger partial charge in [0.25, 0.3) is 0 Å². The molecule has 2 aromatic heterocycles. The van der Waals surface area contributed by atoms with Crippen LogP contribution in [-0.4, -0.2) is 9.97 Å². The molecule has 0 unspecified atom stereocenters. The number of H-pyrrole nitrogens is 1. The van der Waals surface area contributed by atoms with E-state index in [2.05, 4.69) is 20.8 Å². The number of benzene rings is 2. The van der Waals surface area contributed by atoms with E-state index in [0.717, 1.165) is 39.0 Å². The zero-order valence-electron chi connectivity index (χ0n) is 12.8. The lowest BCUT2D eigenvalue weighted by Gasteiger charge is -2.06. The summed E-state index contributed by atoms with van der Waals surface area (Å²) in [6.45, 7) is 1.92. The van der Waals surface area contributed by atoms with Crippen LogP contribution in [0.15, 0.2) is 63.9 Å². The summed E-state index contributed by atoms with van der Waals surface area (Å²) in [6.07, 6.45) is 0. The molecule has 0 aliphatic rings. The monoisotopic (exact) mass is 355 g/mol. The van der Waals surface area contributed by atoms with Gasteiger partial charge in [0, 0.05) is 4.90 Å². The molecule has 0 amide bonds. The number of hydrogen-bond donors (Lipinski definition) is 2. The number of rotatable bonds is 4. The van der Waals surface area contributed by atoms with Crippen molar-refractivity contribution >= 4 is 40.3 Å². The minimum atomic E-state index is 0.697. The first-order valence-electron chi connectivity index (χ1n) is 7.43. The zero-order valence-corrected chi connectivity index (χ0v) is 14.4. The van der Waals surface area contributed by atoms with E-state index in [0.29, 0.717) is 5.02 Å². The molecule has 0 aliphatic heterocycles. The summed E-state index contributed by atoms with van der Waals surface area (Å²) in [5, 5.41) is 0.697. The summed E-state index contributed by atoms with van der Waals surface area (Å²) in [5.74, 6) is 2.34. The summed E-state index contributed by atoms with van der Waals surface area (Å²) in [7, 11) is 0. The normalized spacial score (nSPS) is 11.1. The lowest BCUT2D eigenvalue weighted by molar-refractivity contribution is 0.545.